The number of primary amides is 1. The summed E-state index contributed by atoms with van der Waals surface area (Å²) >= 11 is 0.964. The van der Waals surface area contributed by atoms with Gasteiger partial charge in [-0.15, -0.1) is 0 Å². The molecule has 1 amide bonds. The third-order valence-corrected chi connectivity index (χ3v) is 4.80. The third-order valence-electron chi connectivity index (χ3n) is 3.78. The Hall–Kier alpha value is -3.54. The Balaban J connectivity index is 1.69. The molecule has 0 aliphatic carbocycles. The molecule has 12 heteroatoms. The van der Waals surface area contributed by atoms with E-state index >= 15 is 0 Å². The minimum absolute atomic E-state index is 0.00886. The van der Waals surface area contributed by atoms with Crippen LogP contribution >= 0.6 is 11.3 Å². The highest BCUT2D eigenvalue weighted by atomic mass is 32.1. The summed E-state index contributed by atoms with van der Waals surface area (Å²) in [5, 5.41) is 2.82. The minimum atomic E-state index is -4.51. The molecule has 1 aromatic carbocycles. The summed E-state index contributed by atoms with van der Waals surface area (Å²) in [4.78, 5) is 23.4. The van der Waals surface area contributed by atoms with Crippen LogP contribution in [-0.4, -0.2) is 20.9 Å². The number of pyridine rings is 1. The molecule has 0 unspecified atom stereocenters. The summed E-state index contributed by atoms with van der Waals surface area (Å²) < 4.78 is 57.2. The van der Waals surface area contributed by atoms with E-state index in [9.17, 15) is 22.4 Å². The maximum absolute atomic E-state index is 13.4. The van der Waals surface area contributed by atoms with E-state index < -0.39 is 23.6 Å². The van der Waals surface area contributed by atoms with E-state index in [1.807, 2.05) is 0 Å². The monoisotopic (exact) mass is 423 g/mol. The number of amides is 1. The normalized spacial score (nSPS) is 11.7. The van der Waals surface area contributed by atoms with Crippen molar-refractivity contribution in [3.63, 3.8) is 0 Å². The third kappa shape index (κ3) is 3.74. The van der Waals surface area contributed by atoms with Gasteiger partial charge in [0.05, 0.1) is 10.4 Å². The summed E-state index contributed by atoms with van der Waals surface area (Å²) in [6.45, 7) is 0. The van der Waals surface area contributed by atoms with E-state index in [2.05, 4.69) is 20.3 Å². The second-order valence-electron chi connectivity index (χ2n) is 5.75. The molecule has 4 rings (SSSR count). The largest absolute Gasteiger partial charge is 0.423 e. The van der Waals surface area contributed by atoms with Crippen molar-refractivity contribution in [3.05, 3.63) is 53.7 Å². The Morgan fingerprint density at radius 2 is 1.97 bits per heavy atom. The fraction of sp³-hybridized carbons (Fsp3) is 0.0588. The number of nitrogens with two attached hydrogens (primary N) is 1. The van der Waals surface area contributed by atoms with Gasteiger partial charge in [-0.05, 0) is 24.3 Å². The molecule has 3 aromatic heterocycles. The molecule has 0 atom stereocenters. The van der Waals surface area contributed by atoms with E-state index in [4.69, 9.17) is 10.2 Å². The summed E-state index contributed by atoms with van der Waals surface area (Å²) in [5.41, 5.74) is 4.82. The van der Waals surface area contributed by atoms with Crippen molar-refractivity contribution in [2.24, 2.45) is 5.73 Å². The van der Waals surface area contributed by atoms with Gasteiger partial charge in [-0.2, -0.15) is 22.5 Å². The molecule has 3 N–H and O–H groups in total. The fourth-order valence-electron chi connectivity index (χ4n) is 2.53. The fourth-order valence-corrected chi connectivity index (χ4v) is 3.49. The number of hydrogen-bond donors (Lipinski definition) is 2. The Bertz CT molecular complexity index is 1230. The number of carbonyl (C=O) groups excluding carboxylic acids is 1. The number of halogens is 4. The van der Waals surface area contributed by atoms with Crippen LogP contribution in [0.1, 0.15) is 16.1 Å². The molecule has 0 saturated heterocycles. The number of alkyl halides is 3. The summed E-state index contributed by atoms with van der Waals surface area (Å²) in [6, 6.07) is 5.34. The molecule has 3 heterocycles. The van der Waals surface area contributed by atoms with Crippen LogP contribution in [0.25, 0.3) is 21.5 Å². The average molecular weight is 423 g/mol. The van der Waals surface area contributed by atoms with Crippen molar-refractivity contribution >= 4 is 39.5 Å². The van der Waals surface area contributed by atoms with Crippen LogP contribution in [0, 0.1) is 5.95 Å². The summed E-state index contributed by atoms with van der Waals surface area (Å²) in [7, 11) is 0. The molecule has 0 bridgehead atoms. The van der Waals surface area contributed by atoms with Crippen molar-refractivity contribution in [1.29, 1.82) is 0 Å². The molecule has 0 saturated carbocycles. The zero-order valence-electron chi connectivity index (χ0n) is 14.1. The first-order chi connectivity index (χ1) is 13.7. The van der Waals surface area contributed by atoms with Crippen LogP contribution < -0.4 is 11.1 Å². The van der Waals surface area contributed by atoms with Crippen LogP contribution in [0.2, 0.25) is 0 Å². The van der Waals surface area contributed by atoms with Crippen LogP contribution in [0.15, 0.2) is 40.9 Å². The lowest BCUT2D eigenvalue weighted by Gasteiger charge is -2.04. The number of oxazole rings is 1. The SMILES string of the molecule is NC(=O)c1nc(Nc2nc3cc(C(F)(F)F)ccc3o2)sc1-c1ccnc(F)c1. The quantitative estimate of drug-likeness (QED) is 0.373. The van der Waals surface area contributed by atoms with Crippen molar-refractivity contribution in [2.45, 2.75) is 6.18 Å². The van der Waals surface area contributed by atoms with Gasteiger partial charge in [-0.1, -0.05) is 11.3 Å². The van der Waals surface area contributed by atoms with Gasteiger partial charge in [0, 0.05) is 17.8 Å². The van der Waals surface area contributed by atoms with Gasteiger partial charge in [-0.25, -0.2) is 9.97 Å². The first kappa shape index (κ1) is 18.8. The zero-order valence-corrected chi connectivity index (χ0v) is 14.9. The predicted octanol–water partition coefficient (Wildman–Crippen LogP) is 4.35. The van der Waals surface area contributed by atoms with Crippen LogP contribution in [0.4, 0.5) is 28.7 Å². The summed E-state index contributed by atoms with van der Waals surface area (Å²) in [5.74, 6) is -1.59. The molecule has 0 aliphatic rings. The molecular formula is C17H9F4N5O2S. The van der Waals surface area contributed by atoms with Crippen LogP contribution in [0.3, 0.4) is 0 Å². The number of anilines is 2. The van der Waals surface area contributed by atoms with Crippen molar-refractivity contribution < 1.29 is 26.8 Å². The zero-order chi connectivity index (χ0) is 20.8. The number of thiazole rings is 1. The van der Waals surface area contributed by atoms with Crippen molar-refractivity contribution in [3.8, 4) is 10.4 Å². The lowest BCUT2D eigenvalue weighted by Crippen LogP contribution is -2.12. The lowest BCUT2D eigenvalue weighted by atomic mass is 10.2. The molecule has 4 aromatic rings. The highest BCUT2D eigenvalue weighted by Crippen LogP contribution is 2.36. The Labute approximate surface area is 163 Å². The molecular weight excluding hydrogens is 414 g/mol. The number of aromatic nitrogens is 3. The van der Waals surface area contributed by atoms with E-state index in [0.717, 1.165) is 35.6 Å². The number of nitrogens with one attached hydrogen (secondary N) is 1. The number of hydrogen-bond acceptors (Lipinski definition) is 7. The van der Waals surface area contributed by atoms with E-state index in [1.165, 1.54) is 12.3 Å². The van der Waals surface area contributed by atoms with Crippen molar-refractivity contribution in [2.75, 3.05) is 5.32 Å². The molecule has 0 spiro atoms. The minimum Gasteiger partial charge on any atom is -0.423 e. The number of carbonyl (C=O) groups is 1. The highest BCUT2D eigenvalue weighted by molar-refractivity contribution is 7.19. The highest BCUT2D eigenvalue weighted by Gasteiger charge is 2.31. The number of nitrogens with zero attached hydrogens (tertiary/aromatic N) is 3. The number of benzene rings is 1. The summed E-state index contributed by atoms with van der Waals surface area (Å²) in [6.07, 6.45) is -3.29. The van der Waals surface area contributed by atoms with Gasteiger partial charge in [0.1, 0.15) is 11.2 Å². The second-order valence-corrected chi connectivity index (χ2v) is 6.75. The van der Waals surface area contributed by atoms with Gasteiger partial charge >= 0.3 is 12.2 Å². The topological polar surface area (TPSA) is 107 Å². The first-order valence-corrected chi connectivity index (χ1v) is 8.70. The Kier molecular flexibility index (Phi) is 4.42. The van der Waals surface area contributed by atoms with Crippen LogP contribution in [-0.2, 0) is 6.18 Å². The van der Waals surface area contributed by atoms with E-state index in [-0.39, 0.29) is 32.8 Å². The molecule has 0 radical (unpaired) electrons. The van der Waals surface area contributed by atoms with Gasteiger partial charge in [-0.3, -0.25) is 10.1 Å². The van der Waals surface area contributed by atoms with Gasteiger partial charge in [0.15, 0.2) is 10.7 Å². The van der Waals surface area contributed by atoms with Gasteiger partial charge < -0.3 is 10.2 Å². The maximum Gasteiger partial charge on any atom is 0.416 e. The predicted molar refractivity (Wildman–Crippen MR) is 96.1 cm³/mol. The Morgan fingerprint density at radius 1 is 1.17 bits per heavy atom. The average Bonchev–Trinajstić information content (AvgIpc) is 3.24. The number of fused-ring (bicyclic) bond motifs is 1. The molecule has 7 nitrogen and oxygen atoms in total. The first-order valence-electron chi connectivity index (χ1n) is 7.88. The molecule has 148 valence electrons. The van der Waals surface area contributed by atoms with Crippen molar-refractivity contribution in [1.82, 2.24) is 15.0 Å². The number of rotatable bonds is 4. The molecule has 29 heavy (non-hydrogen) atoms. The maximum atomic E-state index is 13.4. The van der Waals surface area contributed by atoms with Crippen LogP contribution in [0.5, 0.6) is 0 Å². The van der Waals surface area contributed by atoms with Gasteiger partial charge in [0.25, 0.3) is 5.91 Å². The van der Waals surface area contributed by atoms with E-state index in [0.29, 0.717) is 5.56 Å². The smallest absolute Gasteiger partial charge is 0.416 e. The standard InChI is InChI=1S/C17H9F4N5O2S/c18-11-5-7(3-4-23-11)13-12(14(22)27)25-16(29-13)26-15-24-9-6-8(17(19,20)21)1-2-10(9)28-15/h1-6H,(H2,22,27)(H,24,25,26). The lowest BCUT2D eigenvalue weighted by molar-refractivity contribution is -0.137. The Morgan fingerprint density at radius 3 is 2.66 bits per heavy atom. The van der Waals surface area contributed by atoms with E-state index in [1.54, 1.807) is 0 Å². The second kappa shape index (κ2) is 6.81. The molecule has 0 fully saturated rings. The van der Waals surface area contributed by atoms with Gasteiger partial charge in [0.2, 0.25) is 5.95 Å². The molecule has 0 aliphatic heterocycles.